The molecular formula is C17H22N4O3S2. The van der Waals surface area contributed by atoms with Gasteiger partial charge in [0.15, 0.2) is 0 Å². The van der Waals surface area contributed by atoms with Gasteiger partial charge in [0.1, 0.15) is 4.21 Å². The van der Waals surface area contributed by atoms with E-state index in [1.54, 1.807) is 22.4 Å². The lowest BCUT2D eigenvalue weighted by molar-refractivity contribution is 0.184. The minimum Gasteiger partial charge on any atom is -0.322 e. The highest BCUT2D eigenvalue weighted by Crippen LogP contribution is 2.22. The van der Waals surface area contributed by atoms with Gasteiger partial charge in [-0.05, 0) is 30.1 Å². The first-order chi connectivity index (χ1) is 12.5. The minimum absolute atomic E-state index is 0.207. The van der Waals surface area contributed by atoms with Crippen LogP contribution in [0.5, 0.6) is 0 Å². The Balaban J connectivity index is 1.61. The molecule has 1 aliphatic rings. The first kappa shape index (κ1) is 18.8. The Bertz CT molecular complexity index is 845. The number of benzene rings is 1. The number of rotatable bonds is 5. The van der Waals surface area contributed by atoms with Gasteiger partial charge in [-0.15, -0.1) is 11.3 Å². The monoisotopic (exact) mass is 394 g/mol. The van der Waals surface area contributed by atoms with E-state index in [1.807, 2.05) is 31.3 Å². The molecule has 26 heavy (non-hydrogen) atoms. The number of thiophene rings is 1. The number of anilines is 1. The number of carbonyl (C=O) groups excluding carboxylic acids is 1. The van der Waals surface area contributed by atoms with E-state index in [2.05, 4.69) is 10.6 Å². The van der Waals surface area contributed by atoms with Crippen LogP contribution in [0.25, 0.3) is 0 Å². The van der Waals surface area contributed by atoms with Crippen LogP contribution >= 0.6 is 11.3 Å². The molecule has 1 fully saturated rings. The lowest BCUT2D eigenvalue weighted by atomic mass is 10.2. The summed E-state index contributed by atoms with van der Waals surface area (Å²) in [6, 6.07) is 10.7. The Kier molecular flexibility index (Phi) is 5.92. The van der Waals surface area contributed by atoms with Gasteiger partial charge in [0.05, 0.1) is 0 Å². The highest BCUT2D eigenvalue weighted by molar-refractivity contribution is 7.91. The van der Waals surface area contributed by atoms with Crippen LogP contribution in [0.4, 0.5) is 10.5 Å². The summed E-state index contributed by atoms with van der Waals surface area (Å²) in [7, 11) is -1.60. The van der Waals surface area contributed by atoms with E-state index in [1.165, 1.54) is 15.6 Å². The number of sulfonamides is 1. The number of hydrogen-bond acceptors (Lipinski definition) is 5. The smallest absolute Gasteiger partial charge is 0.321 e. The van der Waals surface area contributed by atoms with Crippen molar-refractivity contribution in [2.24, 2.45) is 0 Å². The molecule has 2 amide bonds. The first-order valence-electron chi connectivity index (χ1n) is 8.34. The Labute approximate surface area is 157 Å². The molecule has 2 aromatic rings. The summed E-state index contributed by atoms with van der Waals surface area (Å²) in [6.45, 7) is 1.98. The molecule has 2 heterocycles. The number of urea groups is 1. The van der Waals surface area contributed by atoms with Gasteiger partial charge in [-0.2, -0.15) is 4.31 Å². The molecule has 9 heteroatoms. The molecule has 0 unspecified atom stereocenters. The molecular weight excluding hydrogens is 372 g/mol. The summed E-state index contributed by atoms with van der Waals surface area (Å²) in [6.07, 6.45) is 0. The molecule has 0 spiro atoms. The SMILES string of the molecule is CNCc1ccccc1NC(=O)N1CCN(S(=O)(=O)c2cccs2)CC1. The van der Waals surface area contributed by atoms with Crippen LogP contribution in [0, 0.1) is 0 Å². The summed E-state index contributed by atoms with van der Waals surface area (Å²) >= 11 is 1.21. The number of carbonyl (C=O) groups is 1. The summed E-state index contributed by atoms with van der Waals surface area (Å²) in [5.74, 6) is 0. The van der Waals surface area contributed by atoms with Gasteiger partial charge in [-0.25, -0.2) is 13.2 Å². The number of para-hydroxylation sites is 1. The molecule has 1 aromatic carbocycles. The molecule has 2 N–H and O–H groups in total. The molecule has 0 bridgehead atoms. The van der Waals surface area contributed by atoms with E-state index in [9.17, 15) is 13.2 Å². The highest BCUT2D eigenvalue weighted by atomic mass is 32.2. The third-order valence-electron chi connectivity index (χ3n) is 4.24. The number of nitrogens with one attached hydrogen (secondary N) is 2. The minimum atomic E-state index is -3.46. The maximum Gasteiger partial charge on any atom is 0.321 e. The van der Waals surface area contributed by atoms with Gasteiger partial charge >= 0.3 is 6.03 Å². The number of piperazine rings is 1. The van der Waals surface area contributed by atoms with E-state index in [0.29, 0.717) is 36.9 Å². The van der Waals surface area contributed by atoms with Crippen LogP contribution in [0.2, 0.25) is 0 Å². The van der Waals surface area contributed by atoms with Crippen LogP contribution in [0.1, 0.15) is 5.56 Å². The van der Waals surface area contributed by atoms with Crippen molar-refractivity contribution in [1.82, 2.24) is 14.5 Å². The molecule has 0 radical (unpaired) electrons. The number of hydrogen-bond donors (Lipinski definition) is 2. The van der Waals surface area contributed by atoms with Crippen molar-refractivity contribution in [3.05, 3.63) is 47.3 Å². The van der Waals surface area contributed by atoms with Gasteiger partial charge in [0.25, 0.3) is 10.0 Å². The Morgan fingerprint density at radius 2 is 1.85 bits per heavy atom. The fourth-order valence-electron chi connectivity index (χ4n) is 2.85. The largest absolute Gasteiger partial charge is 0.322 e. The third-order valence-corrected chi connectivity index (χ3v) is 7.51. The van der Waals surface area contributed by atoms with Crippen LogP contribution in [-0.2, 0) is 16.6 Å². The van der Waals surface area contributed by atoms with Crippen molar-refractivity contribution in [3.63, 3.8) is 0 Å². The average molecular weight is 395 g/mol. The standard InChI is InChI=1S/C17H22N4O3S2/c1-18-13-14-5-2-3-6-15(14)19-17(22)20-8-10-21(11-9-20)26(23,24)16-7-4-12-25-16/h2-7,12,18H,8-11,13H2,1H3,(H,19,22). The highest BCUT2D eigenvalue weighted by Gasteiger charge is 2.30. The molecule has 7 nitrogen and oxygen atoms in total. The zero-order valence-corrected chi connectivity index (χ0v) is 16.1. The maximum absolute atomic E-state index is 12.5. The van der Waals surface area contributed by atoms with Crippen LogP contribution < -0.4 is 10.6 Å². The van der Waals surface area contributed by atoms with Crippen LogP contribution in [0.15, 0.2) is 46.0 Å². The van der Waals surface area contributed by atoms with Crippen molar-refractivity contribution in [3.8, 4) is 0 Å². The summed E-state index contributed by atoms with van der Waals surface area (Å²) in [5.41, 5.74) is 1.77. The van der Waals surface area contributed by atoms with Crippen LogP contribution in [0.3, 0.4) is 0 Å². The quantitative estimate of drug-likeness (QED) is 0.813. The summed E-state index contributed by atoms with van der Waals surface area (Å²) in [4.78, 5) is 14.2. The van der Waals surface area contributed by atoms with E-state index in [4.69, 9.17) is 0 Å². The van der Waals surface area contributed by atoms with Crippen LogP contribution in [-0.4, -0.2) is 56.9 Å². The Morgan fingerprint density at radius 3 is 2.50 bits per heavy atom. The molecule has 0 aliphatic carbocycles. The number of nitrogens with zero attached hydrogens (tertiary/aromatic N) is 2. The molecule has 3 rings (SSSR count). The fraction of sp³-hybridized carbons (Fsp3) is 0.353. The summed E-state index contributed by atoms with van der Waals surface area (Å²) < 4.78 is 26.9. The zero-order chi connectivity index (χ0) is 18.6. The molecule has 0 atom stereocenters. The van der Waals surface area contributed by atoms with Gasteiger partial charge < -0.3 is 15.5 Å². The van der Waals surface area contributed by atoms with E-state index < -0.39 is 10.0 Å². The molecule has 1 aromatic heterocycles. The van der Waals surface area contributed by atoms with Crippen molar-refractivity contribution >= 4 is 33.1 Å². The van der Waals surface area contributed by atoms with Gasteiger partial charge in [-0.3, -0.25) is 0 Å². The molecule has 140 valence electrons. The zero-order valence-electron chi connectivity index (χ0n) is 14.5. The fourth-order valence-corrected chi connectivity index (χ4v) is 5.42. The second-order valence-electron chi connectivity index (χ2n) is 5.94. The molecule has 1 aliphatic heterocycles. The van der Waals surface area contributed by atoms with E-state index in [0.717, 1.165) is 11.3 Å². The lowest BCUT2D eigenvalue weighted by Gasteiger charge is -2.33. The maximum atomic E-state index is 12.5. The normalized spacial score (nSPS) is 15.8. The second kappa shape index (κ2) is 8.17. The predicted molar refractivity (Wildman–Crippen MR) is 103 cm³/mol. The first-order valence-corrected chi connectivity index (χ1v) is 10.7. The number of amides is 2. The van der Waals surface area contributed by atoms with E-state index >= 15 is 0 Å². The summed E-state index contributed by atoms with van der Waals surface area (Å²) in [5, 5.41) is 7.75. The van der Waals surface area contributed by atoms with Crippen molar-refractivity contribution in [2.75, 3.05) is 38.5 Å². The second-order valence-corrected chi connectivity index (χ2v) is 9.05. The lowest BCUT2D eigenvalue weighted by Crippen LogP contribution is -2.51. The van der Waals surface area contributed by atoms with Crippen molar-refractivity contribution in [1.29, 1.82) is 0 Å². The van der Waals surface area contributed by atoms with E-state index in [-0.39, 0.29) is 6.03 Å². The van der Waals surface area contributed by atoms with Crippen molar-refractivity contribution < 1.29 is 13.2 Å². The molecule has 0 saturated carbocycles. The average Bonchev–Trinajstić information content (AvgIpc) is 3.19. The third kappa shape index (κ3) is 4.07. The predicted octanol–water partition coefficient (Wildman–Crippen LogP) is 2.01. The Morgan fingerprint density at radius 1 is 1.12 bits per heavy atom. The van der Waals surface area contributed by atoms with Crippen molar-refractivity contribution in [2.45, 2.75) is 10.8 Å². The van der Waals surface area contributed by atoms with Gasteiger partial charge in [0.2, 0.25) is 0 Å². The Hall–Kier alpha value is -1.94. The molecule has 1 saturated heterocycles. The van der Waals surface area contributed by atoms with Gasteiger partial charge in [-0.1, -0.05) is 24.3 Å². The van der Waals surface area contributed by atoms with Gasteiger partial charge in [0, 0.05) is 38.4 Å². The topological polar surface area (TPSA) is 81.8 Å².